The number of rotatable bonds is 5. The van der Waals surface area contributed by atoms with Crippen LogP contribution in [0.2, 0.25) is 0 Å². The highest BCUT2D eigenvalue weighted by Gasteiger charge is 2.22. The molecule has 1 aliphatic heterocycles. The summed E-state index contributed by atoms with van der Waals surface area (Å²) in [6, 6.07) is 12.1. The summed E-state index contributed by atoms with van der Waals surface area (Å²) < 4.78 is 10.3. The molecule has 1 aliphatic rings. The highest BCUT2D eigenvalue weighted by atomic mass is 16.5. The zero-order valence-electron chi connectivity index (χ0n) is 15.7. The SMILES string of the molecule is CCOC(=O)CNC(=O)N1CCN(c2ccc3cccc(OC)c3c2)CC1. The number of hydrogen-bond donors (Lipinski definition) is 1. The molecule has 144 valence electrons. The average molecular weight is 371 g/mol. The molecule has 27 heavy (non-hydrogen) atoms. The third-order valence-corrected chi connectivity index (χ3v) is 4.67. The Balaban J connectivity index is 1.60. The van der Waals surface area contributed by atoms with E-state index in [9.17, 15) is 9.59 Å². The summed E-state index contributed by atoms with van der Waals surface area (Å²) in [5.41, 5.74) is 1.11. The number of methoxy groups -OCH3 is 1. The average Bonchev–Trinajstić information content (AvgIpc) is 2.71. The Hall–Kier alpha value is -2.96. The maximum absolute atomic E-state index is 12.2. The predicted molar refractivity (Wildman–Crippen MR) is 104 cm³/mol. The zero-order valence-corrected chi connectivity index (χ0v) is 15.7. The van der Waals surface area contributed by atoms with Crippen LogP contribution in [0.25, 0.3) is 10.8 Å². The summed E-state index contributed by atoms with van der Waals surface area (Å²) in [4.78, 5) is 27.5. The molecule has 7 heteroatoms. The molecule has 0 bridgehead atoms. The number of carbonyl (C=O) groups excluding carboxylic acids is 2. The van der Waals surface area contributed by atoms with Gasteiger partial charge < -0.3 is 24.6 Å². The van der Waals surface area contributed by atoms with Gasteiger partial charge in [0, 0.05) is 37.3 Å². The van der Waals surface area contributed by atoms with Gasteiger partial charge >= 0.3 is 12.0 Å². The fraction of sp³-hybridized carbons (Fsp3) is 0.400. The fourth-order valence-corrected chi connectivity index (χ4v) is 3.25. The Morgan fingerprint density at radius 3 is 2.59 bits per heavy atom. The Kier molecular flexibility index (Phi) is 6.01. The minimum atomic E-state index is -0.422. The molecule has 0 saturated carbocycles. The van der Waals surface area contributed by atoms with E-state index in [-0.39, 0.29) is 12.6 Å². The van der Waals surface area contributed by atoms with Crippen molar-refractivity contribution in [3.05, 3.63) is 36.4 Å². The molecular weight excluding hydrogens is 346 g/mol. The van der Waals surface area contributed by atoms with Crippen molar-refractivity contribution in [2.75, 3.05) is 51.3 Å². The van der Waals surface area contributed by atoms with Gasteiger partial charge in [0.25, 0.3) is 0 Å². The van der Waals surface area contributed by atoms with Crippen LogP contribution >= 0.6 is 0 Å². The van der Waals surface area contributed by atoms with E-state index in [1.54, 1.807) is 18.9 Å². The zero-order chi connectivity index (χ0) is 19.2. The summed E-state index contributed by atoms with van der Waals surface area (Å²) in [7, 11) is 1.68. The highest BCUT2D eigenvalue weighted by Crippen LogP contribution is 2.29. The molecule has 0 atom stereocenters. The van der Waals surface area contributed by atoms with Crippen LogP contribution in [-0.4, -0.2) is 63.3 Å². The van der Waals surface area contributed by atoms with Crippen molar-refractivity contribution >= 4 is 28.5 Å². The van der Waals surface area contributed by atoms with Crippen molar-refractivity contribution in [2.45, 2.75) is 6.92 Å². The first kappa shape index (κ1) is 18.8. The topological polar surface area (TPSA) is 71.1 Å². The Labute approximate surface area is 158 Å². The van der Waals surface area contributed by atoms with E-state index in [1.165, 1.54) is 0 Å². The fourth-order valence-electron chi connectivity index (χ4n) is 3.25. The lowest BCUT2D eigenvalue weighted by Gasteiger charge is -2.36. The minimum absolute atomic E-state index is 0.0998. The molecule has 0 radical (unpaired) electrons. The van der Waals surface area contributed by atoms with E-state index in [1.807, 2.05) is 12.1 Å². The van der Waals surface area contributed by atoms with Crippen LogP contribution in [0.15, 0.2) is 36.4 Å². The molecule has 1 saturated heterocycles. The van der Waals surface area contributed by atoms with Gasteiger partial charge in [0.2, 0.25) is 0 Å². The van der Waals surface area contributed by atoms with Gasteiger partial charge in [-0.15, -0.1) is 0 Å². The second-order valence-corrected chi connectivity index (χ2v) is 6.30. The third kappa shape index (κ3) is 4.42. The van der Waals surface area contributed by atoms with Gasteiger partial charge in [-0.3, -0.25) is 4.79 Å². The molecule has 0 spiro atoms. The normalized spacial score (nSPS) is 14.1. The molecule has 1 fully saturated rings. The molecule has 3 rings (SSSR count). The second-order valence-electron chi connectivity index (χ2n) is 6.30. The quantitative estimate of drug-likeness (QED) is 0.817. The first-order valence-electron chi connectivity index (χ1n) is 9.12. The Bertz CT molecular complexity index is 816. The van der Waals surface area contributed by atoms with Gasteiger partial charge in [0.05, 0.1) is 13.7 Å². The van der Waals surface area contributed by atoms with E-state index in [2.05, 4.69) is 34.5 Å². The van der Waals surface area contributed by atoms with Crippen molar-refractivity contribution in [3.8, 4) is 5.75 Å². The Morgan fingerprint density at radius 2 is 1.89 bits per heavy atom. The van der Waals surface area contributed by atoms with Crippen molar-refractivity contribution < 1.29 is 19.1 Å². The molecule has 2 amide bonds. The number of fused-ring (bicyclic) bond motifs is 1. The molecule has 7 nitrogen and oxygen atoms in total. The number of nitrogens with zero attached hydrogens (tertiary/aromatic N) is 2. The van der Waals surface area contributed by atoms with Crippen LogP contribution in [-0.2, 0) is 9.53 Å². The van der Waals surface area contributed by atoms with Crippen molar-refractivity contribution in [1.82, 2.24) is 10.2 Å². The predicted octanol–water partition coefficient (Wildman–Crippen LogP) is 2.24. The van der Waals surface area contributed by atoms with Crippen LogP contribution in [0.1, 0.15) is 6.92 Å². The molecular formula is C20H25N3O4. The molecule has 0 aromatic heterocycles. The number of ether oxygens (including phenoxy) is 2. The van der Waals surface area contributed by atoms with Crippen LogP contribution in [0, 0.1) is 0 Å². The first-order valence-corrected chi connectivity index (χ1v) is 9.12. The van der Waals surface area contributed by atoms with E-state index in [0.29, 0.717) is 19.7 Å². The number of benzene rings is 2. The first-order chi connectivity index (χ1) is 13.1. The van der Waals surface area contributed by atoms with Gasteiger partial charge in [-0.05, 0) is 30.5 Å². The Morgan fingerprint density at radius 1 is 1.11 bits per heavy atom. The van der Waals surface area contributed by atoms with Crippen molar-refractivity contribution in [3.63, 3.8) is 0 Å². The van der Waals surface area contributed by atoms with Crippen LogP contribution < -0.4 is 15.0 Å². The van der Waals surface area contributed by atoms with Crippen molar-refractivity contribution in [2.24, 2.45) is 0 Å². The largest absolute Gasteiger partial charge is 0.496 e. The lowest BCUT2D eigenvalue weighted by molar-refractivity contribution is -0.141. The third-order valence-electron chi connectivity index (χ3n) is 4.67. The lowest BCUT2D eigenvalue weighted by atomic mass is 10.1. The smallest absolute Gasteiger partial charge is 0.325 e. The van der Waals surface area contributed by atoms with E-state index in [0.717, 1.165) is 35.3 Å². The van der Waals surface area contributed by atoms with Gasteiger partial charge in [0.15, 0.2) is 0 Å². The molecule has 1 heterocycles. The highest BCUT2D eigenvalue weighted by molar-refractivity contribution is 5.91. The number of anilines is 1. The number of amides is 2. The summed E-state index contributed by atoms with van der Waals surface area (Å²) in [5, 5.41) is 4.82. The second kappa shape index (κ2) is 8.62. The summed E-state index contributed by atoms with van der Waals surface area (Å²) in [6.07, 6.45) is 0. The van der Waals surface area contributed by atoms with Gasteiger partial charge in [-0.2, -0.15) is 0 Å². The lowest BCUT2D eigenvalue weighted by Crippen LogP contribution is -2.52. The molecule has 0 aliphatic carbocycles. The van der Waals surface area contributed by atoms with Gasteiger partial charge in [0.1, 0.15) is 12.3 Å². The van der Waals surface area contributed by atoms with Crippen molar-refractivity contribution in [1.29, 1.82) is 0 Å². The monoisotopic (exact) mass is 371 g/mol. The summed E-state index contributed by atoms with van der Waals surface area (Å²) >= 11 is 0. The number of esters is 1. The molecule has 2 aromatic rings. The van der Waals surface area contributed by atoms with Gasteiger partial charge in [-0.1, -0.05) is 18.2 Å². The minimum Gasteiger partial charge on any atom is -0.496 e. The van der Waals surface area contributed by atoms with Crippen LogP contribution in [0.5, 0.6) is 5.75 Å². The molecule has 0 unspecified atom stereocenters. The number of piperazine rings is 1. The number of urea groups is 1. The van der Waals surface area contributed by atoms with E-state index < -0.39 is 5.97 Å². The van der Waals surface area contributed by atoms with E-state index >= 15 is 0 Å². The summed E-state index contributed by atoms with van der Waals surface area (Å²) in [6.45, 7) is 4.60. The molecule has 2 aromatic carbocycles. The maximum Gasteiger partial charge on any atom is 0.325 e. The number of nitrogens with one attached hydrogen (secondary N) is 1. The maximum atomic E-state index is 12.2. The summed E-state index contributed by atoms with van der Waals surface area (Å²) in [5.74, 6) is 0.431. The number of hydrogen-bond acceptors (Lipinski definition) is 5. The van der Waals surface area contributed by atoms with Crippen LogP contribution in [0.3, 0.4) is 0 Å². The van der Waals surface area contributed by atoms with Gasteiger partial charge in [-0.25, -0.2) is 4.79 Å². The standard InChI is InChI=1S/C20H25N3O4/c1-3-27-19(24)14-21-20(25)23-11-9-22(10-12-23)16-8-7-15-5-4-6-18(26-2)17(15)13-16/h4-8,13H,3,9-12,14H2,1-2H3,(H,21,25). The molecule has 1 N–H and O–H groups in total. The van der Waals surface area contributed by atoms with Crippen LogP contribution in [0.4, 0.5) is 10.5 Å². The number of carbonyl (C=O) groups is 2. The van der Waals surface area contributed by atoms with E-state index in [4.69, 9.17) is 9.47 Å².